The van der Waals surface area contributed by atoms with Gasteiger partial charge in [-0.25, -0.2) is 4.98 Å². The van der Waals surface area contributed by atoms with E-state index in [1.165, 1.54) is 0 Å². The van der Waals surface area contributed by atoms with E-state index in [9.17, 15) is 0 Å². The standard InChI is InChI=1S/C23H21N3/c1-15(24)17-8-10-19(11-9-17)23-21(18-6-4-3-5-7-18)14-20-16(2)25-13-12-22(20)26-23/h3-15H,24H2,1-2H3. The van der Waals surface area contributed by atoms with Gasteiger partial charge in [0.15, 0.2) is 0 Å². The van der Waals surface area contributed by atoms with Crippen LogP contribution >= 0.6 is 0 Å². The van der Waals surface area contributed by atoms with Crippen molar-refractivity contribution in [2.75, 3.05) is 0 Å². The van der Waals surface area contributed by atoms with Gasteiger partial charge in [-0.05, 0) is 37.1 Å². The van der Waals surface area contributed by atoms with Crippen LogP contribution in [0.4, 0.5) is 0 Å². The molecule has 2 heterocycles. The zero-order valence-corrected chi connectivity index (χ0v) is 15.0. The molecule has 2 aromatic heterocycles. The van der Waals surface area contributed by atoms with E-state index in [4.69, 9.17) is 10.7 Å². The third-order valence-corrected chi connectivity index (χ3v) is 4.74. The largest absolute Gasteiger partial charge is 0.324 e. The van der Waals surface area contributed by atoms with E-state index >= 15 is 0 Å². The van der Waals surface area contributed by atoms with E-state index in [1.54, 1.807) is 0 Å². The van der Waals surface area contributed by atoms with Crippen molar-refractivity contribution in [3.8, 4) is 22.4 Å². The quantitative estimate of drug-likeness (QED) is 0.551. The molecule has 2 N–H and O–H groups in total. The number of hydrogen-bond donors (Lipinski definition) is 1. The lowest BCUT2D eigenvalue weighted by molar-refractivity contribution is 0.818. The number of fused-ring (bicyclic) bond motifs is 1. The second kappa shape index (κ2) is 6.70. The Labute approximate surface area is 153 Å². The first-order valence-corrected chi connectivity index (χ1v) is 8.81. The summed E-state index contributed by atoms with van der Waals surface area (Å²) >= 11 is 0. The Balaban J connectivity index is 1.97. The normalized spacial score (nSPS) is 12.3. The maximum atomic E-state index is 5.99. The maximum Gasteiger partial charge on any atom is 0.0788 e. The van der Waals surface area contributed by atoms with Gasteiger partial charge in [0, 0.05) is 34.4 Å². The molecule has 4 rings (SSSR count). The van der Waals surface area contributed by atoms with Crippen LogP contribution in [0.3, 0.4) is 0 Å². The summed E-state index contributed by atoms with van der Waals surface area (Å²) in [5.74, 6) is 0. The highest BCUT2D eigenvalue weighted by molar-refractivity contribution is 5.92. The Bertz CT molecular complexity index is 1050. The van der Waals surface area contributed by atoms with E-state index in [-0.39, 0.29) is 6.04 Å². The number of pyridine rings is 2. The summed E-state index contributed by atoms with van der Waals surface area (Å²) in [6, 6.07) is 22.9. The zero-order chi connectivity index (χ0) is 18.1. The van der Waals surface area contributed by atoms with Crippen molar-refractivity contribution in [3.63, 3.8) is 0 Å². The molecular weight excluding hydrogens is 318 g/mol. The monoisotopic (exact) mass is 339 g/mol. The van der Waals surface area contributed by atoms with Crippen LogP contribution in [0, 0.1) is 6.92 Å². The van der Waals surface area contributed by atoms with Crippen molar-refractivity contribution >= 4 is 10.9 Å². The third kappa shape index (κ3) is 2.98. The molecule has 26 heavy (non-hydrogen) atoms. The number of hydrogen-bond acceptors (Lipinski definition) is 3. The lowest BCUT2D eigenvalue weighted by Gasteiger charge is -2.13. The fourth-order valence-electron chi connectivity index (χ4n) is 3.24. The predicted octanol–water partition coefficient (Wildman–Crippen LogP) is 5.29. The average molecular weight is 339 g/mol. The highest BCUT2D eigenvalue weighted by Gasteiger charge is 2.13. The van der Waals surface area contributed by atoms with Crippen LogP contribution in [0.2, 0.25) is 0 Å². The predicted molar refractivity (Wildman–Crippen MR) is 108 cm³/mol. The van der Waals surface area contributed by atoms with Crippen LogP contribution in [0.5, 0.6) is 0 Å². The van der Waals surface area contributed by atoms with Gasteiger partial charge < -0.3 is 5.73 Å². The minimum atomic E-state index is 0.0240. The van der Waals surface area contributed by atoms with Gasteiger partial charge in [0.1, 0.15) is 0 Å². The molecule has 0 bridgehead atoms. The Kier molecular flexibility index (Phi) is 4.23. The second-order valence-electron chi connectivity index (χ2n) is 6.62. The molecule has 3 nitrogen and oxygen atoms in total. The van der Waals surface area contributed by atoms with E-state index in [0.29, 0.717) is 0 Å². The van der Waals surface area contributed by atoms with Crippen LogP contribution < -0.4 is 5.73 Å². The first-order valence-electron chi connectivity index (χ1n) is 8.81. The molecule has 3 heteroatoms. The zero-order valence-electron chi connectivity index (χ0n) is 15.0. The Morgan fingerprint density at radius 1 is 0.885 bits per heavy atom. The van der Waals surface area contributed by atoms with Gasteiger partial charge in [-0.15, -0.1) is 0 Å². The summed E-state index contributed by atoms with van der Waals surface area (Å²) in [7, 11) is 0. The molecule has 0 amide bonds. The third-order valence-electron chi connectivity index (χ3n) is 4.74. The number of rotatable bonds is 3. The van der Waals surface area contributed by atoms with E-state index in [2.05, 4.69) is 59.6 Å². The summed E-state index contributed by atoms with van der Waals surface area (Å²) in [5, 5.41) is 1.09. The fraction of sp³-hybridized carbons (Fsp3) is 0.130. The molecule has 1 atom stereocenters. The maximum absolute atomic E-state index is 5.99. The van der Waals surface area contributed by atoms with Gasteiger partial charge in [0.05, 0.1) is 11.2 Å². The van der Waals surface area contributed by atoms with Gasteiger partial charge >= 0.3 is 0 Å². The number of nitrogens with two attached hydrogens (primary N) is 1. The minimum absolute atomic E-state index is 0.0240. The highest BCUT2D eigenvalue weighted by Crippen LogP contribution is 2.34. The summed E-state index contributed by atoms with van der Waals surface area (Å²) in [6.45, 7) is 4.02. The van der Waals surface area contributed by atoms with Crippen LogP contribution in [0.1, 0.15) is 24.2 Å². The number of benzene rings is 2. The number of aryl methyl sites for hydroxylation is 1. The van der Waals surface area contributed by atoms with Crippen molar-refractivity contribution in [1.82, 2.24) is 9.97 Å². The van der Waals surface area contributed by atoms with E-state index < -0.39 is 0 Å². The molecule has 0 saturated heterocycles. The SMILES string of the molecule is Cc1nccc2nc(-c3ccc(C(C)N)cc3)c(-c3ccccc3)cc12. The Morgan fingerprint density at radius 3 is 2.31 bits per heavy atom. The van der Waals surface area contributed by atoms with Crippen LogP contribution in [-0.2, 0) is 0 Å². The van der Waals surface area contributed by atoms with Crippen molar-refractivity contribution in [1.29, 1.82) is 0 Å². The Hall–Kier alpha value is -3.04. The second-order valence-corrected chi connectivity index (χ2v) is 6.62. The summed E-state index contributed by atoms with van der Waals surface area (Å²) in [5.41, 5.74) is 13.4. The first-order chi connectivity index (χ1) is 12.6. The summed E-state index contributed by atoms with van der Waals surface area (Å²) in [6.07, 6.45) is 1.82. The molecule has 0 aliphatic heterocycles. The molecule has 0 aliphatic rings. The van der Waals surface area contributed by atoms with E-state index in [0.717, 1.165) is 44.5 Å². The molecule has 0 spiro atoms. The molecule has 1 unspecified atom stereocenters. The van der Waals surface area contributed by atoms with Gasteiger partial charge in [-0.2, -0.15) is 0 Å². The highest BCUT2D eigenvalue weighted by atomic mass is 14.7. The van der Waals surface area contributed by atoms with Crippen molar-refractivity contribution in [3.05, 3.63) is 84.2 Å². The number of aromatic nitrogens is 2. The molecule has 0 saturated carbocycles. The molecule has 0 radical (unpaired) electrons. The van der Waals surface area contributed by atoms with Crippen LogP contribution in [-0.4, -0.2) is 9.97 Å². The minimum Gasteiger partial charge on any atom is -0.324 e. The van der Waals surface area contributed by atoms with E-state index in [1.807, 2.05) is 32.2 Å². The molecule has 0 fully saturated rings. The molecule has 128 valence electrons. The summed E-state index contributed by atoms with van der Waals surface area (Å²) in [4.78, 5) is 9.41. The average Bonchev–Trinajstić information content (AvgIpc) is 2.68. The summed E-state index contributed by atoms with van der Waals surface area (Å²) < 4.78 is 0. The number of nitrogens with zero attached hydrogens (tertiary/aromatic N) is 2. The van der Waals surface area contributed by atoms with Gasteiger partial charge in [0.2, 0.25) is 0 Å². The van der Waals surface area contributed by atoms with Gasteiger partial charge in [-0.3, -0.25) is 4.98 Å². The first kappa shape index (κ1) is 16.4. The van der Waals surface area contributed by atoms with Gasteiger partial charge in [-0.1, -0.05) is 54.6 Å². The molecule has 0 aliphatic carbocycles. The lowest BCUT2D eigenvalue weighted by Crippen LogP contribution is -2.04. The van der Waals surface area contributed by atoms with Crippen molar-refractivity contribution in [2.24, 2.45) is 5.73 Å². The van der Waals surface area contributed by atoms with Gasteiger partial charge in [0.25, 0.3) is 0 Å². The molecule has 4 aromatic rings. The van der Waals surface area contributed by atoms with Crippen molar-refractivity contribution < 1.29 is 0 Å². The Morgan fingerprint density at radius 2 is 1.62 bits per heavy atom. The molecule has 2 aromatic carbocycles. The molecular formula is C23H21N3. The smallest absolute Gasteiger partial charge is 0.0788 e. The lowest BCUT2D eigenvalue weighted by atomic mass is 9.96. The topological polar surface area (TPSA) is 51.8 Å². The van der Waals surface area contributed by atoms with Crippen LogP contribution in [0.15, 0.2) is 72.9 Å². The van der Waals surface area contributed by atoms with Crippen LogP contribution in [0.25, 0.3) is 33.3 Å². The van der Waals surface area contributed by atoms with Crippen molar-refractivity contribution in [2.45, 2.75) is 19.9 Å². The fourth-order valence-corrected chi connectivity index (χ4v) is 3.24.